The molecule has 1 aromatic carbocycles. The van der Waals surface area contributed by atoms with Crippen molar-refractivity contribution in [2.45, 2.75) is 12.8 Å². The van der Waals surface area contributed by atoms with Crippen LogP contribution >= 0.6 is 11.3 Å². The molecule has 2 heteroatoms. The van der Waals surface area contributed by atoms with Gasteiger partial charge in [0, 0.05) is 0 Å². The predicted octanol–water partition coefficient (Wildman–Crippen LogP) is 3.06. The highest BCUT2D eigenvalue weighted by Crippen LogP contribution is 2.22. The number of aryl methyl sites for hydroxylation is 1. The smallest absolute Gasteiger partial charge is 0.0814 e. The van der Waals surface area contributed by atoms with Gasteiger partial charge in [-0.15, -0.1) is 11.3 Å². The van der Waals surface area contributed by atoms with Gasteiger partial charge in [0.2, 0.25) is 0 Å². The molecule has 0 fully saturated rings. The van der Waals surface area contributed by atoms with Crippen molar-refractivity contribution < 1.29 is 0 Å². The normalized spacial score (nSPS) is 10.8. The summed E-state index contributed by atoms with van der Waals surface area (Å²) in [4.78, 5) is 4.26. The third-order valence-corrected chi connectivity index (χ3v) is 2.80. The first-order valence-electron chi connectivity index (χ1n) is 4.02. The Morgan fingerprint density at radius 1 is 1.42 bits per heavy atom. The Hall–Kier alpha value is -0.890. The molecule has 1 nitrogen and oxygen atoms in total. The molecule has 61 valence electrons. The van der Waals surface area contributed by atoms with E-state index in [1.54, 1.807) is 11.3 Å². The number of rotatable bonds is 2. The summed E-state index contributed by atoms with van der Waals surface area (Å²) < 4.78 is 1.32. The van der Waals surface area contributed by atoms with Crippen LogP contribution in [0.15, 0.2) is 23.7 Å². The van der Waals surface area contributed by atoms with Crippen LogP contribution in [-0.2, 0) is 6.42 Å². The van der Waals surface area contributed by atoms with Crippen LogP contribution in [0.2, 0.25) is 0 Å². The van der Waals surface area contributed by atoms with Crippen LogP contribution in [0.3, 0.4) is 0 Å². The van der Waals surface area contributed by atoms with E-state index in [0.29, 0.717) is 0 Å². The molecule has 0 unspecified atom stereocenters. The maximum Gasteiger partial charge on any atom is 0.0814 e. The van der Waals surface area contributed by atoms with E-state index >= 15 is 0 Å². The van der Waals surface area contributed by atoms with Crippen LogP contribution in [0.5, 0.6) is 0 Å². The molecule has 0 N–H and O–H groups in total. The number of benzene rings is 1. The monoisotopic (exact) mass is 176 g/mol. The van der Waals surface area contributed by atoms with Crippen LogP contribution in [-0.4, -0.2) is 4.98 Å². The summed E-state index contributed by atoms with van der Waals surface area (Å²) >= 11 is 1.72. The minimum Gasteiger partial charge on any atom is -0.245 e. The maximum atomic E-state index is 4.26. The van der Waals surface area contributed by atoms with Crippen LogP contribution < -0.4 is 0 Å². The third-order valence-electron chi connectivity index (χ3n) is 1.88. The number of nitrogens with zero attached hydrogens (tertiary/aromatic N) is 1. The molecule has 2 aromatic rings. The molecule has 0 aliphatic rings. The first-order valence-corrected chi connectivity index (χ1v) is 4.90. The molecular formula is C10H10NS. The molecule has 0 aliphatic heterocycles. The van der Waals surface area contributed by atoms with Crippen molar-refractivity contribution in [2.75, 3.05) is 0 Å². The number of fused-ring (bicyclic) bond motifs is 1. The Bertz CT molecular complexity index is 378. The second kappa shape index (κ2) is 3.23. The van der Waals surface area contributed by atoms with E-state index in [-0.39, 0.29) is 0 Å². The van der Waals surface area contributed by atoms with Gasteiger partial charge in [-0.3, -0.25) is 0 Å². The summed E-state index contributed by atoms with van der Waals surface area (Å²) in [6, 6.07) is 6.27. The summed E-state index contributed by atoms with van der Waals surface area (Å²) in [7, 11) is 0. The topological polar surface area (TPSA) is 12.9 Å². The lowest BCUT2D eigenvalue weighted by Gasteiger charge is -1.97. The molecule has 0 spiro atoms. The molecule has 0 atom stereocenters. The van der Waals surface area contributed by atoms with Crippen LogP contribution in [0.1, 0.15) is 12.0 Å². The van der Waals surface area contributed by atoms with Gasteiger partial charge in [-0.25, -0.2) is 4.98 Å². The third kappa shape index (κ3) is 1.23. The standard InChI is InChI=1S/C10H10NS/c1-2-4-8-5-3-6-9-10(8)12-7-11-9/h3,5-7H,1-2,4H2. The van der Waals surface area contributed by atoms with Gasteiger partial charge in [-0.2, -0.15) is 0 Å². The fraction of sp³-hybridized carbons (Fsp3) is 0.200. The average molecular weight is 176 g/mol. The molecule has 1 radical (unpaired) electrons. The summed E-state index contributed by atoms with van der Waals surface area (Å²) in [6.07, 6.45) is 2.01. The first-order chi connectivity index (χ1) is 5.92. The van der Waals surface area contributed by atoms with E-state index in [2.05, 4.69) is 30.1 Å². The van der Waals surface area contributed by atoms with Gasteiger partial charge in [0.1, 0.15) is 0 Å². The van der Waals surface area contributed by atoms with Gasteiger partial charge < -0.3 is 0 Å². The van der Waals surface area contributed by atoms with Crippen molar-refractivity contribution in [1.29, 1.82) is 0 Å². The molecule has 1 heterocycles. The highest BCUT2D eigenvalue weighted by molar-refractivity contribution is 7.16. The van der Waals surface area contributed by atoms with Crippen molar-refractivity contribution in [3.63, 3.8) is 0 Å². The quantitative estimate of drug-likeness (QED) is 0.685. The van der Waals surface area contributed by atoms with E-state index < -0.39 is 0 Å². The Kier molecular flexibility index (Phi) is 2.09. The highest BCUT2D eigenvalue weighted by atomic mass is 32.1. The predicted molar refractivity (Wildman–Crippen MR) is 53.3 cm³/mol. The van der Waals surface area contributed by atoms with Crippen molar-refractivity contribution in [3.05, 3.63) is 36.2 Å². The van der Waals surface area contributed by atoms with Crippen molar-refractivity contribution >= 4 is 21.6 Å². The zero-order chi connectivity index (χ0) is 8.39. The van der Waals surface area contributed by atoms with E-state index in [0.717, 1.165) is 18.4 Å². The molecule has 2 rings (SSSR count). The lowest BCUT2D eigenvalue weighted by Crippen LogP contribution is -1.82. The number of thiazole rings is 1. The highest BCUT2D eigenvalue weighted by Gasteiger charge is 2.00. The largest absolute Gasteiger partial charge is 0.245 e. The summed E-state index contributed by atoms with van der Waals surface area (Å²) in [5.74, 6) is 0. The lowest BCUT2D eigenvalue weighted by molar-refractivity contribution is 1.01. The molecule has 1 aromatic heterocycles. The van der Waals surface area contributed by atoms with Crippen molar-refractivity contribution in [1.82, 2.24) is 4.98 Å². The van der Waals surface area contributed by atoms with Gasteiger partial charge in [-0.05, 0) is 24.5 Å². The molecule has 0 amide bonds. The number of hydrogen-bond donors (Lipinski definition) is 0. The summed E-state index contributed by atoms with van der Waals surface area (Å²) in [5, 5.41) is 0. The van der Waals surface area contributed by atoms with E-state index in [1.165, 1.54) is 10.3 Å². The molecular weight excluding hydrogens is 166 g/mol. The zero-order valence-electron chi connectivity index (χ0n) is 6.79. The van der Waals surface area contributed by atoms with Gasteiger partial charge in [0.15, 0.2) is 0 Å². The Morgan fingerprint density at radius 3 is 3.17 bits per heavy atom. The second-order valence-corrected chi connectivity index (χ2v) is 3.58. The summed E-state index contributed by atoms with van der Waals surface area (Å²) in [6.45, 7) is 3.86. The molecule has 0 bridgehead atoms. The van der Waals surface area contributed by atoms with Gasteiger partial charge in [-0.1, -0.05) is 19.1 Å². The lowest BCUT2D eigenvalue weighted by atomic mass is 10.1. The average Bonchev–Trinajstić information content (AvgIpc) is 2.53. The Labute approximate surface area is 76.1 Å². The van der Waals surface area contributed by atoms with Gasteiger partial charge >= 0.3 is 0 Å². The maximum absolute atomic E-state index is 4.26. The van der Waals surface area contributed by atoms with E-state index in [9.17, 15) is 0 Å². The van der Waals surface area contributed by atoms with Gasteiger partial charge in [0.25, 0.3) is 0 Å². The Morgan fingerprint density at radius 2 is 2.33 bits per heavy atom. The first kappa shape index (κ1) is 7.74. The molecule has 12 heavy (non-hydrogen) atoms. The van der Waals surface area contributed by atoms with E-state index in [1.807, 2.05) is 5.51 Å². The summed E-state index contributed by atoms with van der Waals surface area (Å²) in [5.41, 5.74) is 4.40. The van der Waals surface area contributed by atoms with Crippen molar-refractivity contribution in [3.8, 4) is 0 Å². The SMILES string of the molecule is [CH2]CCc1cccc2ncsc12. The minimum atomic E-state index is 0.955. The zero-order valence-corrected chi connectivity index (χ0v) is 7.60. The van der Waals surface area contributed by atoms with Crippen LogP contribution in [0.4, 0.5) is 0 Å². The molecule has 0 aliphatic carbocycles. The number of hydrogen-bond acceptors (Lipinski definition) is 2. The van der Waals surface area contributed by atoms with E-state index in [4.69, 9.17) is 0 Å². The fourth-order valence-electron chi connectivity index (χ4n) is 1.33. The Balaban J connectivity index is 2.57. The molecule has 0 saturated heterocycles. The van der Waals surface area contributed by atoms with Crippen molar-refractivity contribution in [2.24, 2.45) is 0 Å². The van der Waals surface area contributed by atoms with Gasteiger partial charge in [0.05, 0.1) is 15.7 Å². The fourth-order valence-corrected chi connectivity index (χ4v) is 2.17. The van der Waals surface area contributed by atoms with Crippen LogP contribution in [0.25, 0.3) is 10.2 Å². The minimum absolute atomic E-state index is 0.955. The second-order valence-electron chi connectivity index (χ2n) is 2.72. The van der Waals surface area contributed by atoms with Crippen LogP contribution in [0, 0.1) is 6.92 Å². The molecule has 0 saturated carbocycles. The number of aromatic nitrogens is 1.